The fourth-order valence-corrected chi connectivity index (χ4v) is 9.72. The smallest absolute Gasteiger partial charge is 0.166 e. The summed E-state index contributed by atoms with van der Waals surface area (Å²) in [5.41, 5.74) is 8.43. The molecule has 0 saturated carbocycles. The molecule has 0 radical (unpaired) electrons. The van der Waals surface area contributed by atoms with Gasteiger partial charge in [0.05, 0.1) is 16.7 Å². The van der Waals surface area contributed by atoms with Crippen LogP contribution in [0.4, 0.5) is 0 Å². The first-order valence-corrected chi connectivity index (χ1v) is 20.3. The Hall–Kier alpha value is -7.47. The first-order valence-electron chi connectivity index (χ1n) is 19.5. The number of nitrogens with zero attached hydrogens (tertiary/aromatic N) is 4. The van der Waals surface area contributed by atoms with Crippen molar-refractivity contribution in [2.75, 3.05) is 0 Å². The molecule has 12 aromatic rings. The Morgan fingerprint density at radius 2 is 0.914 bits per heavy atom. The van der Waals surface area contributed by atoms with E-state index in [0.29, 0.717) is 17.5 Å². The highest BCUT2D eigenvalue weighted by Crippen LogP contribution is 2.42. The largest absolute Gasteiger partial charge is 0.308 e. The van der Waals surface area contributed by atoms with Gasteiger partial charge in [-0.25, -0.2) is 15.0 Å². The van der Waals surface area contributed by atoms with E-state index in [1.807, 2.05) is 17.4 Å². The number of hydrogen-bond donors (Lipinski definition) is 0. The molecule has 3 aromatic heterocycles. The third-order valence-electron chi connectivity index (χ3n) is 11.4. The van der Waals surface area contributed by atoms with E-state index in [1.165, 1.54) is 47.3 Å². The SMILES string of the molecule is c1ccc(-c2ccc(-c3nc(-c4ccc5sc6ccccc6c5c4)nc(-c4ccc5ccccc5c4-n4c5ccccc5c5cc6ccccc6cc54)n3)cc2)cc1. The Morgan fingerprint density at radius 1 is 0.328 bits per heavy atom. The molecule has 0 amide bonds. The standard InChI is InChI=1S/C53H32N4S/c1-2-12-33(13-3-1)34-22-24-36(25-23-34)51-54-52(39-27-29-49-45(31-39)42-19-9-11-21-48(42)58-49)56-53(55-51)43-28-26-35-14-6-7-17-40(35)50(43)57-46-20-10-8-18-41(46)44-30-37-15-4-5-16-38(37)32-47(44)57/h1-32H. The van der Waals surface area contributed by atoms with Crippen molar-refractivity contribution in [1.29, 1.82) is 0 Å². The molecule has 0 unspecified atom stereocenters. The zero-order chi connectivity index (χ0) is 38.2. The summed E-state index contributed by atoms with van der Waals surface area (Å²) in [6, 6.07) is 69.2. The minimum absolute atomic E-state index is 0.620. The maximum absolute atomic E-state index is 5.39. The molecule has 0 spiro atoms. The van der Waals surface area contributed by atoms with Gasteiger partial charge in [-0.1, -0.05) is 146 Å². The van der Waals surface area contributed by atoms with Gasteiger partial charge >= 0.3 is 0 Å². The number of para-hydroxylation sites is 1. The highest BCUT2D eigenvalue weighted by molar-refractivity contribution is 7.25. The summed E-state index contributed by atoms with van der Waals surface area (Å²) in [5.74, 6) is 1.88. The third-order valence-corrected chi connectivity index (χ3v) is 12.6. The fourth-order valence-electron chi connectivity index (χ4n) is 8.63. The van der Waals surface area contributed by atoms with Crippen molar-refractivity contribution in [2.45, 2.75) is 0 Å². The normalized spacial score (nSPS) is 11.8. The van der Waals surface area contributed by atoms with Gasteiger partial charge in [-0.2, -0.15) is 0 Å². The van der Waals surface area contributed by atoms with Crippen LogP contribution in [0, 0.1) is 0 Å². The van der Waals surface area contributed by atoms with E-state index in [1.54, 1.807) is 0 Å². The number of rotatable bonds is 5. The lowest BCUT2D eigenvalue weighted by Crippen LogP contribution is -2.04. The quantitative estimate of drug-likeness (QED) is 0.176. The first-order chi connectivity index (χ1) is 28.7. The van der Waals surface area contributed by atoms with Crippen molar-refractivity contribution >= 4 is 74.9 Å². The molecule has 0 aliphatic carbocycles. The van der Waals surface area contributed by atoms with Gasteiger partial charge in [-0.05, 0) is 75.8 Å². The van der Waals surface area contributed by atoms with E-state index in [4.69, 9.17) is 15.0 Å². The number of fused-ring (bicyclic) bond motifs is 8. The monoisotopic (exact) mass is 756 g/mol. The van der Waals surface area contributed by atoms with Crippen LogP contribution in [-0.4, -0.2) is 19.5 Å². The Bertz CT molecular complexity index is 3560. The van der Waals surface area contributed by atoms with Crippen LogP contribution in [0.15, 0.2) is 194 Å². The van der Waals surface area contributed by atoms with Crippen LogP contribution >= 0.6 is 11.3 Å². The lowest BCUT2D eigenvalue weighted by molar-refractivity contribution is 1.07. The zero-order valence-corrected chi connectivity index (χ0v) is 32.0. The van der Waals surface area contributed by atoms with Gasteiger partial charge < -0.3 is 4.57 Å². The van der Waals surface area contributed by atoms with Crippen molar-refractivity contribution in [3.8, 4) is 51.0 Å². The summed E-state index contributed by atoms with van der Waals surface area (Å²) in [7, 11) is 0. The predicted molar refractivity (Wildman–Crippen MR) is 244 cm³/mol. The molecule has 4 nitrogen and oxygen atoms in total. The van der Waals surface area contributed by atoms with Crippen molar-refractivity contribution in [3.63, 3.8) is 0 Å². The molecule has 0 saturated heterocycles. The van der Waals surface area contributed by atoms with Crippen LogP contribution in [0.25, 0.3) is 115 Å². The highest BCUT2D eigenvalue weighted by Gasteiger charge is 2.22. The van der Waals surface area contributed by atoms with Crippen LogP contribution in [0.3, 0.4) is 0 Å². The average Bonchev–Trinajstić information content (AvgIpc) is 3.82. The molecular weight excluding hydrogens is 725 g/mol. The maximum Gasteiger partial charge on any atom is 0.166 e. The second-order valence-corrected chi connectivity index (χ2v) is 15.9. The molecule has 9 aromatic carbocycles. The number of hydrogen-bond acceptors (Lipinski definition) is 4. The number of aromatic nitrogens is 4. The molecule has 5 heteroatoms. The predicted octanol–water partition coefficient (Wildman–Crippen LogP) is 14.3. The van der Waals surface area contributed by atoms with E-state index in [-0.39, 0.29) is 0 Å². The van der Waals surface area contributed by atoms with Crippen LogP contribution in [-0.2, 0) is 0 Å². The van der Waals surface area contributed by atoms with Crippen LogP contribution in [0.2, 0.25) is 0 Å². The Labute approximate surface area is 338 Å². The van der Waals surface area contributed by atoms with E-state index < -0.39 is 0 Å². The van der Waals surface area contributed by atoms with Crippen LogP contribution in [0.5, 0.6) is 0 Å². The Kier molecular flexibility index (Phi) is 7.37. The molecule has 12 rings (SSSR count). The molecule has 3 heterocycles. The molecule has 270 valence electrons. The second-order valence-electron chi connectivity index (χ2n) is 14.8. The Morgan fingerprint density at radius 3 is 1.74 bits per heavy atom. The van der Waals surface area contributed by atoms with Gasteiger partial charge in [0.25, 0.3) is 0 Å². The van der Waals surface area contributed by atoms with Crippen molar-refractivity contribution in [1.82, 2.24) is 19.5 Å². The highest BCUT2D eigenvalue weighted by atomic mass is 32.1. The van der Waals surface area contributed by atoms with Crippen LogP contribution in [0.1, 0.15) is 0 Å². The van der Waals surface area contributed by atoms with Crippen molar-refractivity contribution in [2.24, 2.45) is 0 Å². The molecule has 0 N–H and O–H groups in total. The van der Waals surface area contributed by atoms with Gasteiger partial charge in [-0.3, -0.25) is 0 Å². The summed E-state index contributed by atoms with van der Waals surface area (Å²) in [6.07, 6.45) is 0. The zero-order valence-electron chi connectivity index (χ0n) is 31.2. The van der Waals surface area contributed by atoms with E-state index >= 15 is 0 Å². The lowest BCUT2D eigenvalue weighted by atomic mass is 10.0. The maximum atomic E-state index is 5.39. The molecule has 0 aliphatic heterocycles. The van der Waals surface area contributed by atoms with Gasteiger partial charge in [0, 0.05) is 53.0 Å². The number of benzene rings is 9. The topological polar surface area (TPSA) is 43.6 Å². The molecule has 58 heavy (non-hydrogen) atoms. The van der Waals surface area contributed by atoms with Gasteiger partial charge in [-0.15, -0.1) is 11.3 Å². The summed E-state index contributed by atoms with van der Waals surface area (Å²) in [4.78, 5) is 16.0. The third kappa shape index (κ3) is 5.25. The van der Waals surface area contributed by atoms with E-state index in [0.717, 1.165) is 49.7 Å². The summed E-state index contributed by atoms with van der Waals surface area (Å²) in [6.45, 7) is 0. The molecule has 0 bridgehead atoms. The molecular formula is C53H32N4S. The van der Waals surface area contributed by atoms with Crippen molar-refractivity contribution in [3.05, 3.63) is 194 Å². The molecule has 0 atom stereocenters. The van der Waals surface area contributed by atoms with E-state index in [9.17, 15) is 0 Å². The van der Waals surface area contributed by atoms with Gasteiger partial charge in [0.2, 0.25) is 0 Å². The summed E-state index contributed by atoms with van der Waals surface area (Å²) < 4.78 is 4.94. The summed E-state index contributed by atoms with van der Waals surface area (Å²) >= 11 is 1.81. The Balaban J connectivity index is 1.14. The van der Waals surface area contributed by atoms with E-state index in [2.05, 4.69) is 193 Å². The summed E-state index contributed by atoms with van der Waals surface area (Å²) in [5, 5.41) is 9.54. The lowest BCUT2D eigenvalue weighted by Gasteiger charge is -2.17. The molecule has 0 fully saturated rings. The first kappa shape index (κ1) is 32.7. The average molecular weight is 757 g/mol. The van der Waals surface area contributed by atoms with Crippen molar-refractivity contribution < 1.29 is 0 Å². The fraction of sp³-hybridized carbons (Fsp3) is 0. The second kappa shape index (κ2) is 13.1. The number of thiophene rings is 1. The van der Waals surface area contributed by atoms with Gasteiger partial charge in [0.1, 0.15) is 0 Å². The molecule has 0 aliphatic rings. The van der Waals surface area contributed by atoms with Gasteiger partial charge in [0.15, 0.2) is 17.5 Å². The minimum atomic E-state index is 0.620. The van der Waals surface area contributed by atoms with Crippen LogP contribution < -0.4 is 0 Å². The minimum Gasteiger partial charge on any atom is -0.308 e.